The average molecular weight is 257 g/mol. The highest BCUT2D eigenvalue weighted by Gasteiger charge is 2.23. The van der Waals surface area contributed by atoms with Crippen LogP contribution in [0.1, 0.15) is 40.0 Å². The van der Waals surface area contributed by atoms with Crippen LogP contribution >= 0.6 is 0 Å². The fourth-order valence-corrected chi connectivity index (χ4v) is 1.64. The van der Waals surface area contributed by atoms with E-state index in [1.165, 1.54) is 4.90 Å². The van der Waals surface area contributed by atoms with E-state index in [0.717, 1.165) is 6.42 Å². The first-order valence-electron chi connectivity index (χ1n) is 6.54. The summed E-state index contributed by atoms with van der Waals surface area (Å²) in [6, 6.07) is -0.587. The molecule has 0 rings (SSSR count). The van der Waals surface area contributed by atoms with Crippen molar-refractivity contribution in [3.63, 3.8) is 0 Å². The number of nitrogens with one attached hydrogen (secondary N) is 1. The summed E-state index contributed by atoms with van der Waals surface area (Å²) in [6.07, 6.45) is 1.67. The Balaban J connectivity index is 4.49. The van der Waals surface area contributed by atoms with Crippen molar-refractivity contribution in [2.24, 2.45) is 11.7 Å². The molecule has 0 aromatic carbocycles. The van der Waals surface area contributed by atoms with Crippen molar-refractivity contribution in [2.75, 3.05) is 14.1 Å². The van der Waals surface area contributed by atoms with Crippen LogP contribution < -0.4 is 11.1 Å². The summed E-state index contributed by atoms with van der Waals surface area (Å²) < 4.78 is 0. The first-order valence-corrected chi connectivity index (χ1v) is 6.54. The molecule has 0 fully saturated rings. The van der Waals surface area contributed by atoms with Crippen LogP contribution in [0.3, 0.4) is 0 Å². The lowest BCUT2D eigenvalue weighted by atomic mass is 10.0. The second-order valence-corrected chi connectivity index (χ2v) is 5.35. The molecule has 0 aliphatic heterocycles. The van der Waals surface area contributed by atoms with Gasteiger partial charge in [-0.05, 0) is 18.8 Å². The van der Waals surface area contributed by atoms with Crippen molar-refractivity contribution in [1.29, 1.82) is 0 Å². The van der Waals surface area contributed by atoms with Crippen molar-refractivity contribution >= 4 is 11.8 Å². The number of carbonyl (C=O) groups excluding carboxylic acids is 2. The molecular formula is C13H27N3O2. The van der Waals surface area contributed by atoms with Gasteiger partial charge < -0.3 is 16.0 Å². The predicted octanol–water partition coefficient (Wildman–Crippen LogP) is 0.733. The average Bonchev–Trinajstić information content (AvgIpc) is 2.25. The van der Waals surface area contributed by atoms with E-state index in [4.69, 9.17) is 5.73 Å². The number of rotatable bonds is 7. The zero-order chi connectivity index (χ0) is 14.3. The molecule has 0 saturated heterocycles. The predicted molar refractivity (Wildman–Crippen MR) is 73.0 cm³/mol. The minimum atomic E-state index is -0.448. The Labute approximate surface area is 110 Å². The Morgan fingerprint density at radius 3 is 2.22 bits per heavy atom. The van der Waals surface area contributed by atoms with Gasteiger partial charge in [0, 0.05) is 26.6 Å². The topological polar surface area (TPSA) is 75.4 Å². The quantitative estimate of drug-likeness (QED) is 0.706. The van der Waals surface area contributed by atoms with Crippen LogP contribution in [0.2, 0.25) is 0 Å². The fourth-order valence-electron chi connectivity index (χ4n) is 1.64. The second-order valence-electron chi connectivity index (χ2n) is 5.35. The number of hydrogen-bond donors (Lipinski definition) is 2. The lowest BCUT2D eigenvalue weighted by Crippen LogP contribution is -2.47. The van der Waals surface area contributed by atoms with E-state index in [2.05, 4.69) is 5.32 Å². The normalized spacial score (nSPS) is 14.2. The largest absolute Gasteiger partial charge is 0.347 e. The van der Waals surface area contributed by atoms with Gasteiger partial charge in [0.15, 0.2) is 0 Å². The number of carbonyl (C=O) groups is 2. The molecule has 0 aliphatic carbocycles. The molecule has 3 N–H and O–H groups in total. The molecule has 5 nitrogen and oxygen atoms in total. The summed E-state index contributed by atoms with van der Waals surface area (Å²) in [5.41, 5.74) is 5.73. The molecule has 106 valence electrons. The van der Waals surface area contributed by atoms with Gasteiger partial charge in [0.05, 0.1) is 0 Å². The molecule has 0 aromatic heterocycles. The van der Waals surface area contributed by atoms with Crippen LogP contribution in [0.25, 0.3) is 0 Å². The second kappa shape index (κ2) is 8.08. The monoisotopic (exact) mass is 257 g/mol. The highest BCUT2D eigenvalue weighted by Crippen LogP contribution is 2.07. The number of nitrogens with zero attached hydrogens (tertiary/aromatic N) is 1. The minimum Gasteiger partial charge on any atom is -0.347 e. The molecule has 2 unspecified atom stereocenters. The third kappa shape index (κ3) is 6.59. The van der Waals surface area contributed by atoms with Crippen LogP contribution in [0.5, 0.6) is 0 Å². The zero-order valence-electron chi connectivity index (χ0n) is 12.2. The molecule has 0 bridgehead atoms. The number of amides is 2. The Morgan fingerprint density at radius 1 is 1.28 bits per heavy atom. The lowest BCUT2D eigenvalue weighted by molar-refractivity contribution is -0.135. The highest BCUT2D eigenvalue weighted by molar-refractivity contribution is 5.87. The maximum Gasteiger partial charge on any atom is 0.244 e. The first kappa shape index (κ1) is 16.9. The smallest absolute Gasteiger partial charge is 0.244 e. The van der Waals surface area contributed by atoms with E-state index < -0.39 is 6.04 Å². The Morgan fingerprint density at radius 2 is 1.83 bits per heavy atom. The van der Waals surface area contributed by atoms with Gasteiger partial charge in [-0.1, -0.05) is 20.8 Å². The molecule has 0 aromatic rings. The van der Waals surface area contributed by atoms with Crippen LogP contribution in [-0.2, 0) is 9.59 Å². The molecule has 0 saturated carbocycles. The van der Waals surface area contributed by atoms with Crippen molar-refractivity contribution in [3.8, 4) is 0 Å². The molecule has 0 radical (unpaired) electrons. The molecule has 0 heterocycles. The van der Waals surface area contributed by atoms with E-state index in [9.17, 15) is 9.59 Å². The molecular weight excluding hydrogens is 230 g/mol. The van der Waals surface area contributed by atoms with Gasteiger partial charge in [0.25, 0.3) is 0 Å². The summed E-state index contributed by atoms with van der Waals surface area (Å²) >= 11 is 0. The van der Waals surface area contributed by atoms with Crippen molar-refractivity contribution in [2.45, 2.75) is 52.1 Å². The van der Waals surface area contributed by atoms with Gasteiger partial charge in [0.1, 0.15) is 6.04 Å². The van der Waals surface area contributed by atoms with Crippen LogP contribution in [0.15, 0.2) is 0 Å². The van der Waals surface area contributed by atoms with Gasteiger partial charge >= 0.3 is 0 Å². The van der Waals surface area contributed by atoms with Gasteiger partial charge in [0.2, 0.25) is 11.8 Å². The SMILES string of the molecule is CCC(N)CC(=O)NC(CC(C)C)C(=O)N(C)C. The van der Waals surface area contributed by atoms with Gasteiger partial charge in [-0.25, -0.2) is 0 Å². The standard InChI is InChI=1S/C13H27N3O2/c1-6-10(14)8-12(17)15-11(7-9(2)3)13(18)16(4)5/h9-11H,6-8,14H2,1-5H3,(H,15,17). The lowest BCUT2D eigenvalue weighted by Gasteiger charge is -2.23. The van der Waals surface area contributed by atoms with E-state index in [-0.39, 0.29) is 24.3 Å². The van der Waals surface area contributed by atoms with E-state index in [1.54, 1.807) is 14.1 Å². The number of hydrogen-bond acceptors (Lipinski definition) is 3. The maximum absolute atomic E-state index is 11.9. The summed E-state index contributed by atoms with van der Waals surface area (Å²) in [7, 11) is 3.39. The molecule has 18 heavy (non-hydrogen) atoms. The molecule has 2 atom stereocenters. The van der Waals surface area contributed by atoms with Crippen LogP contribution in [0.4, 0.5) is 0 Å². The zero-order valence-corrected chi connectivity index (χ0v) is 12.2. The minimum absolute atomic E-state index is 0.0675. The summed E-state index contributed by atoms with van der Waals surface area (Å²) in [4.78, 5) is 25.2. The highest BCUT2D eigenvalue weighted by atomic mass is 16.2. The summed E-state index contributed by atoms with van der Waals surface area (Å²) in [6.45, 7) is 5.99. The van der Waals surface area contributed by atoms with Crippen molar-refractivity contribution in [1.82, 2.24) is 10.2 Å². The third-order valence-electron chi connectivity index (χ3n) is 2.75. The van der Waals surface area contributed by atoms with Crippen molar-refractivity contribution in [3.05, 3.63) is 0 Å². The van der Waals surface area contributed by atoms with Crippen molar-refractivity contribution < 1.29 is 9.59 Å². The molecule has 0 aliphatic rings. The van der Waals surface area contributed by atoms with Gasteiger partial charge in [-0.2, -0.15) is 0 Å². The van der Waals surface area contributed by atoms with Gasteiger partial charge in [-0.15, -0.1) is 0 Å². The van der Waals surface area contributed by atoms with E-state index in [1.807, 2.05) is 20.8 Å². The Bertz CT molecular complexity index is 277. The van der Waals surface area contributed by atoms with Gasteiger partial charge in [-0.3, -0.25) is 9.59 Å². The van der Waals surface area contributed by atoms with E-state index >= 15 is 0 Å². The number of likely N-dealkylation sites (N-methyl/N-ethyl adjacent to an activating group) is 1. The first-order chi connectivity index (χ1) is 8.27. The summed E-state index contributed by atoms with van der Waals surface area (Å²) in [5.74, 6) is 0.131. The summed E-state index contributed by atoms with van der Waals surface area (Å²) in [5, 5.41) is 2.78. The van der Waals surface area contributed by atoms with Crippen LogP contribution in [-0.4, -0.2) is 42.9 Å². The third-order valence-corrected chi connectivity index (χ3v) is 2.75. The molecule has 2 amide bonds. The number of nitrogens with two attached hydrogens (primary N) is 1. The Hall–Kier alpha value is -1.10. The molecule has 0 spiro atoms. The fraction of sp³-hybridized carbons (Fsp3) is 0.846. The maximum atomic E-state index is 11.9. The van der Waals surface area contributed by atoms with Crippen LogP contribution in [0, 0.1) is 5.92 Å². The molecule has 5 heteroatoms. The van der Waals surface area contributed by atoms with E-state index in [0.29, 0.717) is 12.3 Å². The Kier molecular flexibility index (Phi) is 7.59.